The maximum Gasteiger partial charge on any atom is 0.245 e. The molecule has 0 bridgehead atoms. The van der Waals surface area contributed by atoms with Gasteiger partial charge in [0.1, 0.15) is 6.04 Å². The molecule has 0 aromatic carbocycles. The van der Waals surface area contributed by atoms with Crippen LogP contribution in [-0.4, -0.2) is 41.9 Å². The van der Waals surface area contributed by atoms with Crippen molar-refractivity contribution in [3.05, 3.63) is 0 Å². The second-order valence-corrected chi connectivity index (χ2v) is 3.99. The molecule has 2 heterocycles. The predicted octanol–water partition coefficient (Wildman–Crippen LogP) is -1.18. The standard InChI is InChI=1S/C9H15N3O2/c10-6-3-4-12(5-6)9(14)7-1-2-8(13)11-7/h6-7H,1-5,10H2,(H,11,13)/t6-,7-/m1/s1. The number of hydrogen-bond acceptors (Lipinski definition) is 3. The Hall–Kier alpha value is -1.10. The van der Waals surface area contributed by atoms with Gasteiger partial charge in [-0.2, -0.15) is 0 Å². The molecule has 2 saturated heterocycles. The highest BCUT2D eigenvalue weighted by molar-refractivity contribution is 5.90. The summed E-state index contributed by atoms with van der Waals surface area (Å²) in [5.74, 6) is 0.00986. The summed E-state index contributed by atoms with van der Waals surface area (Å²) in [6.45, 7) is 1.36. The van der Waals surface area contributed by atoms with Crippen LogP contribution in [0.1, 0.15) is 19.3 Å². The number of nitrogens with two attached hydrogens (primary N) is 1. The van der Waals surface area contributed by atoms with Crippen LogP contribution in [0.3, 0.4) is 0 Å². The molecule has 0 radical (unpaired) electrons. The summed E-state index contributed by atoms with van der Waals surface area (Å²) in [5.41, 5.74) is 5.71. The van der Waals surface area contributed by atoms with Gasteiger partial charge in [-0.05, 0) is 12.8 Å². The van der Waals surface area contributed by atoms with Crippen molar-refractivity contribution in [1.29, 1.82) is 0 Å². The van der Waals surface area contributed by atoms with E-state index in [1.54, 1.807) is 4.90 Å². The van der Waals surface area contributed by atoms with Gasteiger partial charge in [0.05, 0.1) is 0 Å². The first-order valence-corrected chi connectivity index (χ1v) is 5.00. The molecule has 0 aromatic rings. The number of hydrogen-bond donors (Lipinski definition) is 2. The Labute approximate surface area is 82.6 Å². The largest absolute Gasteiger partial charge is 0.344 e. The third kappa shape index (κ3) is 1.72. The molecule has 78 valence electrons. The van der Waals surface area contributed by atoms with Crippen LogP contribution in [0, 0.1) is 0 Å². The van der Waals surface area contributed by atoms with Gasteiger partial charge in [-0.25, -0.2) is 0 Å². The SMILES string of the molecule is N[C@@H]1CCN(C(=O)[C@H]2CCC(=O)N2)C1. The number of nitrogens with one attached hydrogen (secondary N) is 1. The Morgan fingerprint density at radius 2 is 2.29 bits per heavy atom. The van der Waals surface area contributed by atoms with Crippen molar-refractivity contribution < 1.29 is 9.59 Å². The minimum atomic E-state index is -0.298. The molecule has 2 fully saturated rings. The Morgan fingerprint density at radius 1 is 1.50 bits per heavy atom. The quantitative estimate of drug-likeness (QED) is 0.556. The fourth-order valence-corrected chi connectivity index (χ4v) is 2.01. The monoisotopic (exact) mass is 197 g/mol. The molecule has 5 nitrogen and oxygen atoms in total. The minimum absolute atomic E-state index is 0.0214. The van der Waals surface area contributed by atoms with Crippen molar-refractivity contribution in [3.63, 3.8) is 0 Å². The van der Waals surface area contributed by atoms with E-state index in [0.29, 0.717) is 19.4 Å². The molecule has 2 atom stereocenters. The lowest BCUT2D eigenvalue weighted by Gasteiger charge is -2.19. The highest BCUT2D eigenvalue weighted by Gasteiger charge is 2.33. The summed E-state index contributed by atoms with van der Waals surface area (Å²) in [6.07, 6.45) is 1.96. The number of carbonyl (C=O) groups excluding carboxylic acids is 2. The lowest BCUT2D eigenvalue weighted by Crippen LogP contribution is -2.44. The van der Waals surface area contributed by atoms with Gasteiger partial charge < -0.3 is 16.0 Å². The van der Waals surface area contributed by atoms with E-state index < -0.39 is 0 Å². The molecule has 2 amide bonds. The molecule has 0 spiro atoms. The van der Waals surface area contributed by atoms with E-state index in [1.807, 2.05) is 0 Å². The van der Waals surface area contributed by atoms with Gasteiger partial charge >= 0.3 is 0 Å². The summed E-state index contributed by atoms with van der Waals surface area (Å²) >= 11 is 0. The molecule has 2 aliphatic heterocycles. The molecule has 2 aliphatic rings. The van der Waals surface area contributed by atoms with Gasteiger partial charge in [0, 0.05) is 25.6 Å². The van der Waals surface area contributed by atoms with Crippen LogP contribution in [-0.2, 0) is 9.59 Å². The first-order chi connectivity index (χ1) is 6.66. The minimum Gasteiger partial charge on any atom is -0.344 e. The molecule has 0 saturated carbocycles. The van der Waals surface area contributed by atoms with Crippen LogP contribution < -0.4 is 11.1 Å². The normalized spacial score (nSPS) is 32.1. The highest BCUT2D eigenvalue weighted by atomic mass is 16.2. The first kappa shape index (κ1) is 9.45. The van der Waals surface area contributed by atoms with E-state index in [1.165, 1.54) is 0 Å². The molecule has 5 heteroatoms. The van der Waals surface area contributed by atoms with Crippen molar-refractivity contribution in [2.45, 2.75) is 31.3 Å². The third-order valence-corrected chi connectivity index (χ3v) is 2.83. The number of likely N-dealkylation sites (tertiary alicyclic amines) is 1. The molecule has 14 heavy (non-hydrogen) atoms. The van der Waals surface area contributed by atoms with Gasteiger partial charge in [-0.15, -0.1) is 0 Å². The zero-order valence-corrected chi connectivity index (χ0v) is 8.03. The van der Waals surface area contributed by atoms with Crippen molar-refractivity contribution >= 4 is 11.8 Å². The third-order valence-electron chi connectivity index (χ3n) is 2.83. The van der Waals surface area contributed by atoms with Crippen molar-refractivity contribution in [2.24, 2.45) is 5.73 Å². The van der Waals surface area contributed by atoms with Gasteiger partial charge in [0.15, 0.2) is 0 Å². The molecule has 2 rings (SSSR count). The first-order valence-electron chi connectivity index (χ1n) is 5.00. The van der Waals surface area contributed by atoms with Gasteiger partial charge in [0.2, 0.25) is 11.8 Å². The second kappa shape index (κ2) is 3.57. The smallest absolute Gasteiger partial charge is 0.245 e. The Morgan fingerprint density at radius 3 is 2.79 bits per heavy atom. The van der Waals surface area contributed by atoms with Crippen LogP contribution in [0.4, 0.5) is 0 Å². The molecular weight excluding hydrogens is 182 g/mol. The molecule has 0 unspecified atom stereocenters. The maximum absolute atomic E-state index is 11.8. The average Bonchev–Trinajstić information content (AvgIpc) is 2.73. The summed E-state index contributed by atoms with van der Waals surface area (Å²) in [4.78, 5) is 24.5. The second-order valence-electron chi connectivity index (χ2n) is 3.99. The van der Waals surface area contributed by atoms with E-state index in [4.69, 9.17) is 5.73 Å². The highest BCUT2D eigenvalue weighted by Crippen LogP contribution is 2.14. The lowest BCUT2D eigenvalue weighted by atomic mass is 10.2. The molecule has 3 N–H and O–H groups in total. The van der Waals surface area contributed by atoms with Crippen molar-refractivity contribution in [2.75, 3.05) is 13.1 Å². The fourth-order valence-electron chi connectivity index (χ4n) is 2.01. The summed E-state index contributed by atoms with van der Waals surface area (Å²) in [5, 5.41) is 2.67. The van der Waals surface area contributed by atoms with Crippen molar-refractivity contribution in [1.82, 2.24) is 10.2 Å². The van der Waals surface area contributed by atoms with E-state index in [-0.39, 0.29) is 23.9 Å². The summed E-state index contributed by atoms with van der Waals surface area (Å²) in [7, 11) is 0. The predicted molar refractivity (Wildman–Crippen MR) is 50.3 cm³/mol. The summed E-state index contributed by atoms with van der Waals surface area (Å²) in [6, 6.07) is -0.191. The number of nitrogens with zero attached hydrogens (tertiary/aromatic N) is 1. The van der Waals surface area contributed by atoms with Gasteiger partial charge in [0.25, 0.3) is 0 Å². The van der Waals surface area contributed by atoms with E-state index in [0.717, 1.165) is 13.0 Å². The Bertz CT molecular complexity index is 267. The fraction of sp³-hybridized carbons (Fsp3) is 0.778. The van der Waals surface area contributed by atoms with E-state index >= 15 is 0 Å². The number of amides is 2. The Kier molecular flexibility index (Phi) is 2.41. The zero-order valence-electron chi connectivity index (χ0n) is 8.03. The molecular formula is C9H15N3O2. The molecule has 0 aromatic heterocycles. The van der Waals surface area contributed by atoms with E-state index in [9.17, 15) is 9.59 Å². The topological polar surface area (TPSA) is 75.4 Å². The van der Waals surface area contributed by atoms with Gasteiger partial charge in [-0.3, -0.25) is 9.59 Å². The van der Waals surface area contributed by atoms with Crippen LogP contribution in [0.25, 0.3) is 0 Å². The van der Waals surface area contributed by atoms with E-state index in [2.05, 4.69) is 5.32 Å². The number of carbonyl (C=O) groups is 2. The average molecular weight is 197 g/mol. The maximum atomic E-state index is 11.8. The van der Waals surface area contributed by atoms with Crippen LogP contribution >= 0.6 is 0 Å². The molecule has 0 aliphatic carbocycles. The summed E-state index contributed by atoms with van der Waals surface area (Å²) < 4.78 is 0. The van der Waals surface area contributed by atoms with Gasteiger partial charge in [-0.1, -0.05) is 0 Å². The lowest BCUT2D eigenvalue weighted by molar-refractivity contribution is -0.133. The van der Waals surface area contributed by atoms with Crippen LogP contribution in [0.2, 0.25) is 0 Å². The number of rotatable bonds is 1. The van der Waals surface area contributed by atoms with Crippen molar-refractivity contribution in [3.8, 4) is 0 Å². The van der Waals surface area contributed by atoms with Crippen LogP contribution in [0.15, 0.2) is 0 Å². The zero-order chi connectivity index (χ0) is 10.1. The van der Waals surface area contributed by atoms with Crippen LogP contribution in [0.5, 0.6) is 0 Å². The Balaban J connectivity index is 1.92.